The zero-order valence-electron chi connectivity index (χ0n) is 19.6. The van der Waals surface area contributed by atoms with E-state index in [1.165, 1.54) is 19.3 Å². The van der Waals surface area contributed by atoms with Gasteiger partial charge in [-0.3, -0.25) is 0 Å². The molecule has 5 nitrogen and oxygen atoms in total. The molecule has 1 aromatic rings. The Morgan fingerprint density at radius 1 is 1.24 bits per heavy atom. The van der Waals surface area contributed by atoms with Crippen molar-refractivity contribution in [2.24, 2.45) is 0 Å². The van der Waals surface area contributed by atoms with Crippen molar-refractivity contribution >= 4 is 5.70 Å². The molecule has 9 heteroatoms. The Balaban J connectivity index is 1.57. The van der Waals surface area contributed by atoms with Gasteiger partial charge in [0.15, 0.2) is 0 Å². The van der Waals surface area contributed by atoms with Crippen LogP contribution in [0.3, 0.4) is 0 Å². The topological polar surface area (TPSA) is 45.1 Å². The van der Waals surface area contributed by atoms with Crippen molar-refractivity contribution in [2.75, 3.05) is 0 Å². The molecule has 1 unspecified atom stereocenters. The molecule has 1 aliphatic carbocycles. The number of nitrogens with zero attached hydrogens (tertiary/aromatic N) is 3. The van der Waals surface area contributed by atoms with Crippen molar-refractivity contribution in [2.45, 2.75) is 84.0 Å². The molecular weight excluding hydrogens is 434 g/mol. The van der Waals surface area contributed by atoms with Crippen LogP contribution < -0.4 is 10.6 Å². The number of hydrogen-bond donors (Lipinski definition) is 2. The van der Waals surface area contributed by atoms with Crippen molar-refractivity contribution in [1.82, 2.24) is 25.3 Å². The van der Waals surface area contributed by atoms with E-state index in [0.29, 0.717) is 21.6 Å². The van der Waals surface area contributed by atoms with Gasteiger partial charge in [0.2, 0.25) is 0 Å². The fraction of sp³-hybridized carbons (Fsp3) is 0.542. The number of hydrogen-bond acceptors (Lipinski definition) is 4. The van der Waals surface area contributed by atoms with Crippen LogP contribution >= 0.6 is 0 Å². The zero-order valence-corrected chi connectivity index (χ0v) is 19.6. The first-order chi connectivity index (χ1) is 15.5. The van der Waals surface area contributed by atoms with Crippen LogP contribution in [0.15, 0.2) is 48.6 Å². The first kappa shape index (κ1) is 24.9. The molecule has 182 valence electrons. The normalized spacial score (nSPS) is 24.2. The Morgan fingerprint density at radius 3 is 2.45 bits per heavy atom. The molecule has 0 radical (unpaired) electrons. The van der Waals surface area contributed by atoms with E-state index in [1.54, 1.807) is 6.92 Å². The average Bonchev–Trinajstić information content (AvgIpc) is 3.13. The molecule has 33 heavy (non-hydrogen) atoms. The van der Waals surface area contributed by atoms with E-state index in [9.17, 15) is 17.6 Å². The summed E-state index contributed by atoms with van der Waals surface area (Å²) in [7, 11) is 0. The monoisotopic (exact) mass is 467 g/mol. The Hall–Kier alpha value is -2.71. The Bertz CT molecular complexity index is 933. The molecule has 0 bridgehead atoms. The van der Waals surface area contributed by atoms with E-state index >= 15 is 0 Å². The van der Waals surface area contributed by atoms with Crippen LogP contribution in [0.1, 0.15) is 64.3 Å². The largest absolute Gasteiger partial charge is 0.382 e. The fourth-order valence-corrected chi connectivity index (χ4v) is 4.13. The van der Waals surface area contributed by atoms with Crippen LogP contribution in [0.25, 0.3) is 5.70 Å². The standard InChI is InChI=1S/C24H33F4N5/c1-15(24(5,27)28)13-32-16(2)7-6-8-22(32)30-20-11-9-19(10-12-20)29-17(3)21-14-33(23(25)26)31-18(21)4/h6-8,13-14,16,19-20,23,29-30H,3,9-12H2,1-2,4-5H3/b15-13+. The number of rotatable bonds is 8. The van der Waals surface area contributed by atoms with Gasteiger partial charge in [0.25, 0.3) is 5.92 Å². The van der Waals surface area contributed by atoms with Gasteiger partial charge in [-0.1, -0.05) is 18.7 Å². The number of halogens is 4. The van der Waals surface area contributed by atoms with Crippen LogP contribution in [-0.2, 0) is 0 Å². The molecule has 3 rings (SSSR count). The third kappa shape index (κ3) is 6.21. The highest BCUT2D eigenvalue weighted by atomic mass is 19.3. The lowest BCUT2D eigenvalue weighted by molar-refractivity contribution is 0.0562. The highest BCUT2D eigenvalue weighted by Gasteiger charge is 2.28. The van der Waals surface area contributed by atoms with Crippen LogP contribution in [0.2, 0.25) is 0 Å². The Labute approximate surface area is 192 Å². The molecular formula is C24H33F4N5. The lowest BCUT2D eigenvalue weighted by Crippen LogP contribution is -2.43. The summed E-state index contributed by atoms with van der Waals surface area (Å²) < 4.78 is 53.8. The SMILES string of the molecule is C=C(NC1CCC(NC2=CC=CC(C)N2/C=C(\C)C(C)(F)F)CC1)c1cn(C(F)F)nc1C. The Morgan fingerprint density at radius 2 is 1.88 bits per heavy atom. The third-order valence-corrected chi connectivity index (χ3v) is 6.29. The quantitative estimate of drug-likeness (QED) is 0.481. The lowest BCUT2D eigenvalue weighted by Gasteiger charge is -2.37. The minimum Gasteiger partial charge on any atom is -0.382 e. The maximum Gasteiger partial charge on any atom is 0.333 e. The minimum atomic E-state index is -2.87. The molecule has 2 N–H and O–H groups in total. The van der Waals surface area contributed by atoms with Gasteiger partial charge >= 0.3 is 6.55 Å². The van der Waals surface area contributed by atoms with Gasteiger partial charge in [-0.15, -0.1) is 0 Å². The molecule has 1 aromatic heterocycles. The predicted molar refractivity (Wildman–Crippen MR) is 122 cm³/mol. The molecule has 0 spiro atoms. The van der Waals surface area contributed by atoms with Gasteiger partial charge in [-0.2, -0.15) is 13.9 Å². The zero-order chi connectivity index (χ0) is 24.3. The molecule has 1 saturated carbocycles. The molecule has 1 aliphatic heterocycles. The highest BCUT2D eigenvalue weighted by Crippen LogP contribution is 2.28. The second-order valence-corrected chi connectivity index (χ2v) is 8.99. The Kier molecular flexibility index (Phi) is 7.59. The van der Waals surface area contributed by atoms with Crippen LogP contribution in [0.5, 0.6) is 0 Å². The van der Waals surface area contributed by atoms with Crippen molar-refractivity contribution in [3.05, 3.63) is 59.9 Å². The first-order valence-electron chi connectivity index (χ1n) is 11.3. The van der Waals surface area contributed by atoms with Crippen LogP contribution in [0, 0.1) is 6.92 Å². The van der Waals surface area contributed by atoms with E-state index in [1.807, 2.05) is 30.1 Å². The van der Waals surface area contributed by atoms with E-state index in [4.69, 9.17) is 0 Å². The van der Waals surface area contributed by atoms with Gasteiger partial charge in [0.1, 0.15) is 5.82 Å². The van der Waals surface area contributed by atoms with Crippen molar-refractivity contribution in [3.8, 4) is 0 Å². The van der Waals surface area contributed by atoms with Gasteiger partial charge in [-0.25, -0.2) is 13.5 Å². The summed E-state index contributed by atoms with van der Waals surface area (Å²) in [5.74, 6) is -2.06. The molecule has 0 saturated heterocycles. The van der Waals surface area contributed by atoms with Gasteiger partial charge in [0.05, 0.1) is 11.7 Å². The molecule has 2 aliphatic rings. The van der Waals surface area contributed by atoms with Gasteiger partial charge in [-0.05, 0) is 52.5 Å². The van der Waals surface area contributed by atoms with E-state index in [-0.39, 0.29) is 23.7 Å². The summed E-state index contributed by atoms with van der Waals surface area (Å²) in [5, 5.41) is 10.7. The summed E-state index contributed by atoms with van der Waals surface area (Å²) in [6.45, 7) is 7.33. The second-order valence-electron chi connectivity index (χ2n) is 8.99. The van der Waals surface area contributed by atoms with Crippen molar-refractivity contribution < 1.29 is 17.6 Å². The first-order valence-corrected chi connectivity index (χ1v) is 11.3. The molecule has 1 fully saturated rings. The van der Waals surface area contributed by atoms with E-state index in [2.05, 4.69) is 22.3 Å². The molecule has 1 atom stereocenters. The summed E-state index contributed by atoms with van der Waals surface area (Å²) in [6, 6.07) is 0.359. The van der Waals surface area contributed by atoms with Crippen molar-refractivity contribution in [1.29, 1.82) is 0 Å². The maximum atomic E-state index is 13.7. The number of aromatic nitrogens is 2. The number of nitrogens with one attached hydrogen (secondary N) is 2. The van der Waals surface area contributed by atoms with Crippen LogP contribution in [0.4, 0.5) is 17.6 Å². The fourth-order valence-electron chi connectivity index (χ4n) is 4.13. The molecule has 2 heterocycles. The number of alkyl halides is 4. The van der Waals surface area contributed by atoms with Gasteiger partial charge in [0, 0.05) is 48.2 Å². The number of aryl methyl sites for hydroxylation is 1. The summed E-state index contributed by atoms with van der Waals surface area (Å²) >= 11 is 0. The summed E-state index contributed by atoms with van der Waals surface area (Å²) in [6.07, 6.45) is 12.2. The van der Waals surface area contributed by atoms with E-state index in [0.717, 1.165) is 38.4 Å². The average molecular weight is 468 g/mol. The maximum absolute atomic E-state index is 13.7. The summed E-state index contributed by atoms with van der Waals surface area (Å²) in [5.41, 5.74) is 1.70. The predicted octanol–water partition coefficient (Wildman–Crippen LogP) is 5.71. The molecule has 0 amide bonds. The van der Waals surface area contributed by atoms with Gasteiger partial charge < -0.3 is 15.5 Å². The van der Waals surface area contributed by atoms with E-state index < -0.39 is 12.5 Å². The van der Waals surface area contributed by atoms with Crippen molar-refractivity contribution in [3.63, 3.8) is 0 Å². The lowest BCUT2D eigenvalue weighted by atomic mass is 9.90. The number of allylic oxidation sites excluding steroid dienone is 3. The third-order valence-electron chi connectivity index (χ3n) is 6.29. The smallest absolute Gasteiger partial charge is 0.333 e. The summed E-state index contributed by atoms with van der Waals surface area (Å²) in [4.78, 5) is 1.85. The van der Waals surface area contributed by atoms with Crippen LogP contribution in [-0.4, -0.2) is 38.7 Å². The molecule has 0 aromatic carbocycles. The highest BCUT2D eigenvalue weighted by molar-refractivity contribution is 5.63. The second kappa shape index (κ2) is 10.1. The minimum absolute atomic E-state index is 0.00854.